The summed E-state index contributed by atoms with van der Waals surface area (Å²) in [6.45, 7) is 12.5. The highest BCUT2D eigenvalue weighted by Crippen LogP contribution is 2.47. The van der Waals surface area contributed by atoms with Crippen molar-refractivity contribution in [3.05, 3.63) is 25.3 Å². The molecule has 10 heteroatoms. The van der Waals surface area contributed by atoms with Crippen LogP contribution in [0.15, 0.2) is 25.3 Å². The molecule has 3 N–H and O–H groups in total. The monoisotopic (exact) mass is 590 g/mol. The van der Waals surface area contributed by atoms with Gasteiger partial charge >= 0.3 is 6.09 Å². The molecule has 8 nitrogen and oxygen atoms in total. The van der Waals surface area contributed by atoms with E-state index in [9.17, 15) is 21.6 Å². The van der Waals surface area contributed by atoms with Gasteiger partial charge in [0.2, 0.25) is 20.0 Å². The maximum atomic E-state index is 12.4. The molecule has 2 aliphatic carbocycles. The van der Waals surface area contributed by atoms with Crippen molar-refractivity contribution in [3.63, 3.8) is 0 Å². The third kappa shape index (κ3) is 13.7. The van der Waals surface area contributed by atoms with Gasteiger partial charge < -0.3 is 4.74 Å². The quantitative estimate of drug-likeness (QED) is 0.123. The summed E-state index contributed by atoms with van der Waals surface area (Å²) in [5.74, 6) is 0. The number of carbonyl (C=O) groups excluding carboxylic acids is 1. The van der Waals surface area contributed by atoms with Gasteiger partial charge in [-0.05, 0) is 85.0 Å². The molecule has 0 heterocycles. The summed E-state index contributed by atoms with van der Waals surface area (Å²) >= 11 is 0. The summed E-state index contributed by atoms with van der Waals surface area (Å²) in [6, 6.07) is 0. The molecule has 0 unspecified atom stereocenters. The summed E-state index contributed by atoms with van der Waals surface area (Å²) in [5.41, 5.74) is -0.707. The minimum Gasteiger partial charge on any atom is -0.443 e. The molecule has 1 amide bonds. The van der Waals surface area contributed by atoms with Gasteiger partial charge in [-0.3, -0.25) is 0 Å². The van der Waals surface area contributed by atoms with Crippen LogP contribution < -0.4 is 9.86 Å². The molecular formula is C29H54N2O6S2. The Hall–Kier alpha value is -1.39. The fourth-order valence-electron chi connectivity index (χ4n) is 4.66. The average molecular weight is 591 g/mol. The first-order valence-corrected chi connectivity index (χ1v) is 17.7. The van der Waals surface area contributed by atoms with Gasteiger partial charge in [0, 0.05) is 0 Å². The van der Waals surface area contributed by atoms with Crippen molar-refractivity contribution in [3.8, 4) is 0 Å². The summed E-state index contributed by atoms with van der Waals surface area (Å²) in [5, 5.41) is 5.22. The predicted molar refractivity (Wildman–Crippen MR) is 160 cm³/mol. The van der Waals surface area contributed by atoms with Gasteiger partial charge in [0.25, 0.3) is 0 Å². The SMILES string of the molecule is C=CCCCCCCCC1(S(=O)(=O)NC(=O)OC(C)(C)C)CC1.C=CCCCCCCCC1(S(N)(=O)=O)CC1. The van der Waals surface area contributed by atoms with E-state index in [0.29, 0.717) is 19.3 Å². The van der Waals surface area contributed by atoms with Crippen LogP contribution in [0.5, 0.6) is 0 Å². The van der Waals surface area contributed by atoms with Crippen molar-refractivity contribution in [1.29, 1.82) is 0 Å². The van der Waals surface area contributed by atoms with Crippen LogP contribution in [-0.2, 0) is 24.8 Å². The van der Waals surface area contributed by atoms with Crippen LogP contribution in [-0.4, -0.2) is 38.0 Å². The number of nitrogens with two attached hydrogens (primary N) is 1. The Bertz CT molecular complexity index is 976. The second kappa shape index (κ2) is 16.2. The lowest BCUT2D eigenvalue weighted by molar-refractivity contribution is 0.0569. The van der Waals surface area contributed by atoms with Gasteiger partial charge in [0.15, 0.2) is 0 Å². The lowest BCUT2D eigenvalue weighted by atomic mass is 10.1. The van der Waals surface area contributed by atoms with Gasteiger partial charge in [-0.2, -0.15) is 0 Å². The second-order valence-electron chi connectivity index (χ2n) is 12.2. The summed E-state index contributed by atoms with van der Waals surface area (Å²) in [7, 11) is -6.97. The van der Waals surface area contributed by atoms with E-state index in [4.69, 9.17) is 9.88 Å². The Labute approximate surface area is 238 Å². The molecule has 39 heavy (non-hydrogen) atoms. The third-order valence-corrected chi connectivity index (χ3v) is 11.5. The van der Waals surface area contributed by atoms with Crippen molar-refractivity contribution < 1.29 is 26.4 Å². The molecule has 0 bridgehead atoms. The van der Waals surface area contributed by atoms with Crippen LogP contribution in [0.1, 0.15) is 136 Å². The van der Waals surface area contributed by atoms with E-state index >= 15 is 0 Å². The molecule has 228 valence electrons. The molecular weight excluding hydrogens is 536 g/mol. The van der Waals surface area contributed by atoms with Gasteiger partial charge in [0.05, 0.1) is 9.49 Å². The van der Waals surface area contributed by atoms with Crippen LogP contribution in [0.2, 0.25) is 0 Å². The zero-order chi connectivity index (χ0) is 29.6. The normalized spacial score (nSPS) is 17.3. The topological polar surface area (TPSA) is 133 Å². The number of sulfonamides is 2. The van der Waals surface area contributed by atoms with E-state index in [1.165, 1.54) is 19.3 Å². The maximum Gasteiger partial charge on any atom is 0.421 e. The molecule has 2 fully saturated rings. The van der Waals surface area contributed by atoms with E-state index in [2.05, 4.69) is 17.9 Å². The number of unbranched alkanes of at least 4 members (excludes halogenated alkanes) is 10. The number of hydrogen-bond donors (Lipinski definition) is 2. The number of ether oxygens (including phenoxy) is 1. The average Bonchev–Trinajstić information content (AvgIpc) is 3.72. The molecule has 0 aliphatic heterocycles. The largest absolute Gasteiger partial charge is 0.443 e. The van der Waals surface area contributed by atoms with E-state index < -0.39 is 41.2 Å². The van der Waals surface area contributed by atoms with Gasteiger partial charge in [-0.1, -0.05) is 63.5 Å². The molecule has 0 radical (unpaired) electrons. The second-order valence-corrected chi connectivity index (χ2v) is 16.2. The number of amides is 1. The van der Waals surface area contributed by atoms with Crippen LogP contribution in [0.3, 0.4) is 0 Å². The van der Waals surface area contributed by atoms with Gasteiger partial charge in [-0.15, -0.1) is 13.2 Å². The fraction of sp³-hybridized carbons (Fsp3) is 0.828. The lowest BCUT2D eigenvalue weighted by Gasteiger charge is -2.22. The fourth-order valence-corrected chi connectivity index (χ4v) is 7.29. The van der Waals surface area contributed by atoms with Crippen molar-refractivity contribution >= 4 is 26.1 Å². The number of carbonyl (C=O) groups is 1. The Balaban J connectivity index is 0.000000416. The van der Waals surface area contributed by atoms with Crippen LogP contribution in [0.25, 0.3) is 0 Å². The van der Waals surface area contributed by atoms with Crippen molar-refractivity contribution in [2.75, 3.05) is 0 Å². The first-order chi connectivity index (χ1) is 18.1. The molecule has 2 aliphatic rings. The standard InChI is InChI=1S/C17H31NO4S.C12H23NO2S/c1-5-6-7-8-9-10-11-12-17(13-14-17)23(20,21)18-15(19)22-16(2,3)4;1-2-3-4-5-6-7-8-9-12(10-11-12)16(13,14)15/h5H,1,6-14H2,2-4H3,(H,18,19);2H,1,3-11H2,(H2,13,14,15). The number of nitrogens with one attached hydrogen (secondary N) is 1. The van der Waals surface area contributed by atoms with Crippen molar-refractivity contribution in [2.45, 2.75) is 151 Å². The van der Waals surface area contributed by atoms with E-state index in [1.807, 2.05) is 12.2 Å². The molecule has 0 atom stereocenters. The minimum atomic E-state index is -3.66. The summed E-state index contributed by atoms with van der Waals surface area (Å²) < 4.78 is 53.2. The number of rotatable bonds is 19. The maximum absolute atomic E-state index is 12.4. The Kier molecular flexibility index (Phi) is 14.8. The van der Waals surface area contributed by atoms with Crippen LogP contribution in [0.4, 0.5) is 4.79 Å². The van der Waals surface area contributed by atoms with Crippen LogP contribution in [0, 0.1) is 0 Å². The Morgan fingerprint density at radius 2 is 1.15 bits per heavy atom. The Morgan fingerprint density at radius 1 is 0.769 bits per heavy atom. The zero-order valence-electron chi connectivity index (χ0n) is 24.6. The molecule has 2 rings (SSSR count). The molecule has 0 spiro atoms. The molecule has 0 saturated heterocycles. The molecule has 0 aromatic heterocycles. The van der Waals surface area contributed by atoms with Crippen molar-refractivity contribution in [2.24, 2.45) is 5.14 Å². The number of allylic oxidation sites excluding steroid dienone is 2. The number of primary sulfonamides is 1. The smallest absolute Gasteiger partial charge is 0.421 e. The highest BCUT2D eigenvalue weighted by molar-refractivity contribution is 7.91. The van der Waals surface area contributed by atoms with E-state index in [-0.39, 0.29) is 0 Å². The third-order valence-electron chi connectivity index (χ3n) is 7.49. The van der Waals surface area contributed by atoms with Crippen molar-refractivity contribution in [1.82, 2.24) is 4.72 Å². The number of hydrogen-bond acceptors (Lipinski definition) is 6. The van der Waals surface area contributed by atoms with Gasteiger partial charge in [-0.25, -0.2) is 31.5 Å². The zero-order valence-corrected chi connectivity index (χ0v) is 26.3. The lowest BCUT2D eigenvalue weighted by Crippen LogP contribution is -2.42. The summed E-state index contributed by atoms with van der Waals surface area (Å²) in [6.07, 6.45) is 20.3. The van der Waals surface area contributed by atoms with E-state index in [0.717, 1.165) is 77.0 Å². The van der Waals surface area contributed by atoms with Crippen LogP contribution >= 0.6 is 0 Å². The first kappa shape index (κ1) is 35.6. The van der Waals surface area contributed by atoms with E-state index in [1.54, 1.807) is 20.8 Å². The predicted octanol–water partition coefficient (Wildman–Crippen LogP) is 7.01. The molecule has 0 aromatic rings. The molecule has 2 saturated carbocycles. The first-order valence-electron chi connectivity index (χ1n) is 14.6. The molecule has 0 aromatic carbocycles. The Morgan fingerprint density at radius 3 is 1.51 bits per heavy atom. The summed E-state index contributed by atoms with van der Waals surface area (Å²) in [4.78, 5) is 11.7. The highest BCUT2D eigenvalue weighted by atomic mass is 32.2. The minimum absolute atomic E-state index is 0.534. The van der Waals surface area contributed by atoms with Gasteiger partial charge in [0.1, 0.15) is 5.60 Å². The highest BCUT2D eigenvalue weighted by Gasteiger charge is 2.54.